The molecule has 2 aromatic heterocycles. The predicted molar refractivity (Wildman–Crippen MR) is 260 cm³/mol. The van der Waals surface area contributed by atoms with Gasteiger partial charge in [0.15, 0.2) is 11.2 Å². The normalized spacial score (nSPS) is 11.9. The second kappa shape index (κ2) is 13.6. The molecule has 2 heterocycles. The average Bonchev–Trinajstić information content (AvgIpc) is 3.92. The Morgan fingerprint density at radius 2 is 0.677 bits per heavy atom. The first kappa shape index (κ1) is 34.5. The number of rotatable bonds is 6. The molecule has 290 valence electrons. The Kier molecular flexibility index (Phi) is 7.57. The third-order valence-corrected chi connectivity index (χ3v) is 12.6. The third-order valence-electron chi connectivity index (χ3n) is 12.6. The Bertz CT molecular complexity index is 3900. The zero-order chi connectivity index (χ0) is 40.7. The molecule has 13 aromatic rings. The minimum Gasteiger partial charge on any atom is -0.454 e. The fraction of sp³-hybridized carbons (Fsp3) is 0. The molecule has 0 amide bonds. The molecule has 0 aliphatic carbocycles. The highest BCUT2D eigenvalue weighted by atomic mass is 16.3. The molecule has 4 nitrogen and oxygen atoms in total. The van der Waals surface area contributed by atoms with Gasteiger partial charge < -0.3 is 18.6 Å². The zero-order valence-corrected chi connectivity index (χ0v) is 33.5. The van der Waals surface area contributed by atoms with Crippen LogP contribution in [0.3, 0.4) is 0 Å². The third kappa shape index (κ3) is 5.20. The number of hydrogen-bond acceptors (Lipinski definition) is 4. The van der Waals surface area contributed by atoms with Crippen molar-refractivity contribution in [2.24, 2.45) is 0 Å². The van der Waals surface area contributed by atoms with Crippen LogP contribution in [0.5, 0.6) is 0 Å². The summed E-state index contributed by atoms with van der Waals surface area (Å²) in [7, 11) is 0. The van der Waals surface area contributed by atoms with E-state index < -0.39 is 0 Å². The maximum atomic E-state index is 6.79. The van der Waals surface area contributed by atoms with Crippen LogP contribution in [0.1, 0.15) is 0 Å². The zero-order valence-electron chi connectivity index (χ0n) is 33.5. The number of furan rings is 2. The van der Waals surface area contributed by atoms with E-state index in [0.717, 1.165) is 110 Å². The maximum Gasteiger partial charge on any atom is 0.159 e. The lowest BCUT2D eigenvalue weighted by Gasteiger charge is -2.30. The van der Waals surface area contributed by atoms with Gasteiger partial charge in [0.25, 0.3) is 0 Å². The van der Waals surface area contributed by atoms with Crippen molar-refractivity contribution in [1.29, 1.82) is 0 Å². The first-order valence-electron chi connectivity index (χ1n) is 21.1. The highest BCUT2D eigenvalue weighted by molar-refractivity contribution is 6.25. The molecule has 0 N–H and O–H groups in total. The minimum atomic E-state index is 0.851. The van der Waals surface area contributed by atoms with Crippen LogP contribution in [0.25, 0.3) is 87.0 Å². The lowest BCUT2D eigenvalue weighted by atomic mass is 9.93. The highest BCUT2D eigenvalue weighted by Gasteiger charge is 2.26. The van der Waals surface area contributed by atoms with E-state index in [1.54, 1.807) is 0 Å². The quantitative estimate of drug-likeness (QED) is 0.157. The number of para-hydroxylation sites is 5. The molecule has 62 heavy (non-hydrogen) atoms. The number of hydrogen-bond donors (Lipinski definition) is 0. The smallest absolute Gasteiger partial charge is 0.159 e. The number of anilines is 6. The summed E-state index contributed by atoms with van der Waals surface area (Å²) in [6.07, 6.45) is 0. The van der Waals surface area contributed by atoms with Crippen LogP contribution in [0, 0.1) is 0 Å². The standard InChI is InChI=1S/C58H36N2O2/c1-2-18-39(19-3-1)59(51-28-14-26-47-45-24-10-12-30-55(45)61-57(47)51)53-35-49-42-21-7-9-23-44(42)54(36-50(49)41-20-6-8-22-43(41)53)60(40-33-32-37-16-4-5-17-38(37)34-40)52-29-15-27-48-46-25-11-13-31-56(46)62-58(48)52/h1-36H. The molecule has 13 rings (SSSR count). The van der Waals surface area contributed by atoms with Crippen molar-refractivity contribution in [3.05, 3.63) is 218 Å². The molecule has 0 saturated carbocycles. The number of fused-ring (bicyclic) bond motifs is 12. The van der Waals surface area contributed by atoms with Crippen molar-refractivity contribution >= 4 is 121 Å². The maximum absolute atomic E-state index is 6.79. The van der Waals surface area contributed by atoms with Crippen LogP contribution >= 0.6 is 0 Å². The van der Waals surface area contributed by atoms with Crippen molar-refractivity contribution in [3.8, 4) is 0 Å². The van der Waals surface area contributed by atoms with E-state index >= 15 is 0 Å². The van der Waals surface area contributed by atoms with Crippen LogP contribution in [0.2, 0.25) is 0 Å². The molecule has 0 aliphatic heterocycles. The van der Waals surface area contributed by atoms with Gasteiger partial charge in [-0.3, -0.25) is 0 Å². The van der Waals surface area contributed by atoms with Gasteiger partial charge in [-0.05, 0) is 93.0 Å². The highest BCUT2D eigenvalue weighted by Crippen LogP contribution is 2.50. The summed E-state index contributed by atoms with van der Waals surface area (Å²) in [5, 5.41) is 13.7. The average molecular weight is 793 g/mol. The second-order valence-electron chi connectivity index (χ2n) is 16.0. The van der Waals surface area contributed by atoms with Gasteiger partial charge in [0.1, 0.15) is 11.2 Å². The summed E-state index contributed by atoms with van der Waals surface area (Å²) >= 11 is 0. The molecule has 11 aromatic carbocycles. The molecule has 0 atom stereocenters. The molecular weight excluding hydrogens is 757 g/mol. The van der Waals surface area contributed by atoms with Gasteiger partial charge in [0.05, 0.1) is 22.7 Å². The van der Waals surface area contributed by atoms with E-state index in [0.29, 0.717) is 0 Å². The Balaban J connectivity index is 1.13. The fourth-order valence-corrected chi connectivity index (χ4v) is 9.81. The van der Waals surface area contributed by atoms with E-state index in [4.69, 9.17) is 8.83 Å². The lowest BCUT2D eigenvalue weighted by Crippen LogP contribution is -2.12. The van der Waals surface area contributed by atoms with Crippen molar-refractivity contribution in [3.63, 3.8) is 0 Å². The van der Waals surface area contributed by atoms with Crippen molar-refractivity contribution in [1.82, 2.24) is 0 Å². The van der Waals surface area contributed by atoms with E-state index in [1.807, 2.05) is 12.1 Å². The van der Waals surface area contributed by atoms with Crippen LogP contribution in [-0.2, 0) is 0 Å². The van der Waals surface area contributed by atoms with Crippen LogP contribution < -0.4 is 9.80 Å². The van der Waals surface area contributed by atoms with Crippen molar-refractivity contribution < 1.29 is 8.83 Å². The first-order chi connectivity index (χ1) is 30.8. The van der Waals surface area contributed by atoms with Gasteiger partial charge in [-0.25, -0.2) is 0 Å². The van der Waals surface area contributed by atoms with Crippen molar-refractivity contribution in [2.75, 3.05) is 9.80 Å². The monoisotopic (exact) mass is 792 g/mol. The van der Waals surface area contributed by atoms with Gasteiger partial charge >= 0.3 is 0 Å². The molecule has 0 fully saturated rings. The van der Waals surface area contributed by atoms with E-state index in [1.165, 1.54) is 10.8 Å². The molecule has 0 unspecified atom stereocenters. The molecule has 0 saturated heterocycles. The Hall–Kier alpha value is -8.34. The molecule has 0 bridgehead atoms. The summed E-state index contributed by atoms with van der Waals surface area (Å²) in [6, 6.07) is 78.1. The van der Waals surface area contributed by atoms with Crippen molar-refractivity contribution in [2.45, 2.75) is 0 Å². The van der Waals surface area contributed by atoms with E-state index in [9.17, 15) is 0 Å². The van der Waals surface area contributed by atoms with Crippen LogP contribution in [0.4, 0.5) is 34.1 Å². The summed E-state index contributed by atoms with van der Waals surface area (Å²) in [6.45, 7) is 0. The summed E-state index contributed by atoms with van der Waals surface area (Å²) in [5.74, 6) is 0. The lowest BCUT2D eigenvalue weighted by molar-refractivity contribution is 0.669. The second-order valence-corrected chi connectivity index (χ2v) is 16.0. The van der Waals surface area contributed by atoms with Gasteiger partial charge in [-0.2, -0.15) is 0 Å². The topological polar surface area (TPSA) is 32.8 Å². The Labute approximate surface area is 356 Å². The molecule has 0 spiro atoms. The number of benzene rings is 11. The van der Waals surface area contributed by atoms with E-state index in [2.05, 4.69) is 216 Å². The number of nitrogens with zero attached hydrogens (tertiary/aromatic N) is 2. The largest absolute Gasteiger partial charge is 0.454 e. The Morgan fingerprint density at radius 3 is 1.24 bits per heavy atom. The summed E-state index contributed by atoms with van der Waals surface area (Å²) in [4.78, 5) is 4.78. The summed E-state index contributed by atoms with van der Waals surface area (Å²) < 4.78 is 13.5. The molecule has 4 heteroatoms. The van der Waals surface area contributed by atoms with E-state index in [-0.39, 0.29) is 0 Å². The summed E-state index contributed by atoms with van der Waals surface area (Å²) in [5.41, 5.74) is 9.66. The minimum absolute atomic E-state index is 0.851. The molecule has 0 aliphatic rings. The first-order valence-corrected chi connectivity index (χ1v) is 21.1. The van der Waals surface area contributed by atoms with Gasteiger partial charge in [0.2, 0.25) is 0 Å². The Morgan fingerprint density at radius 1 is 0.242 bits per heavy atom. The predicted octanol–water partition coefficient (Wildman–Crippen LogP) is 17.0. The molecule has 0 radical (unpaired) electrons. The van der Waals surface area contributed by atoms with Gasteiger partial charge in [-0.15, -0.1) is 0 Å². The SMILES string of the molecule is c1ccc(N(c2cc3c4ccccc4c(N(c4ccc5ccccc5c4)c4cccc5c4oc4ccccc45)cc3c3ccccc23)c2cccc3c2oc2ccccc23)cc1. The molecular formula is C58H36N2O2. The van der Waals surface area contributed by atoms with Gasteiger partial charge in [0, 0.05) is 43.7 Å². The van der Waals surface area contributed by atoms with Gasteiger partial charge in [-0.1, -0.05) is 158 Å². The van der Waals surface area contributed by atoms with Crippen LogP contribution in [0.15, 0.2) is 227 Å². The fourth-order valence-electron chi connectivity index (χ4n) is 9.81. The van der Waals surface area contributed by atoms with Crippen LogP contribution in [-0.4, -0.2) is 0 Å².